The summed E-state index contributed by atoms with van der Waals surface area (Å²) in [6.07, 6.45) is -3.31. The quantitative estimate of drug-likeness (QED) is 0.674. The van der Waals surface area contributed by atoms with Gasteiger partial charge in [-0.05, 0) is 6.92 Å². The lowest BCUT2D eigenvalue weighted by Crippen LogP contribution is -2.27. The molecule has 6 heteroatoms. The molecule has 0 amide bonds. The van der Waals surface area contributed by atoms with Gasteiger partial charge in [0.25, 0.3) is 0 Å². The summed E-state index contributed by atoms with van der Waals surface area (Å²) in [5.41, 5.74) is 1.06. The highest BCUT2D eigenvalue weighted by atomic mass is 32.2. The van der Waals surface area contributed by atoms with Crippen molar-refractivity contribution < 1.29 is 17.4 Å². The molecule has 0 N–H and O–H groups in total. The van der Waals surface area contributed by atoms with Crippen molar-refractivity contribution in [3.8, 4) is 0 Å². The van der Waals surface area contributed by atoms with Gasteiger partial charge in [-0.3, -0.25) is 0 Å². The summed E-state index contributed by atoms with van der Waals surface area (Å²) in [5.74, 6) is -0.329. The van der Waals surface area contributed by atoms with Crippen LogP contribution in [0.3, 0.4) is 0 Å². The number of halogens is 3. The van der Waals surface area contributed by atoms with E-state index in [1.807, 2.05) is 13.0 Å². The van der Waals surface area contributed by atoms with E-state index in [2.05, 4.69) is 0 Å². The molecule has 0 radical (unpaired) electrons. The molecule has 0 spiro atoms. The highest BCUT2D eigenvalue weighted by Gasteiger charge is 2.29. The van der Waals surface area contributed by atoms with Crippen LogP contribution in [0.15, 0.2) is 11.6 Å². The molecule has 82 valence electrons. The molecule has 1 heterocycles. The first-order valence-electron chi connectivity index (χ1n) is 4.24. The van der Waals surface area contributed by atoms with E-state index >= 15 is 0 Å². The number of nitrogens with zero attached hydrogens (tertiary/aromatic N) is 1. The minimum absolute atomic E-state index is 0.329. The van der Waals surface area contributed by atoms with Crippen molar-refractivity contribution in [2.45, 2.75) is 19.5 Å². The second kappa shape index (κ2) is 4.44. The minimum atomic E-state index is -4.21. The molecule has 0 aliphatic carbocycles. The molecule has 0 saturated heterocycles. The van der Waals surface area contributed by atoms with E-state index in [0.29, 0.717) is 13.1 Å². The van der Waals surface area contributed by atoms with E-state index in [1.54, 1.807) is 4.31 Å². The SMILES string of the molecule is CC1=CCN(S(=O)CCC(F)(F)F)C1. The monoisotopic (exact) mass is 227 g/mol. The van der Waals surface area contributed by atoms with Crippen LogP contribution >= 0.6 is 0 Å². The Hall–Kier alpha value is -0.360. The van der Waals surface area contributed by atoms with E-state index in [-0.39, 0.29) is 5.75 Å². The third-order valence-electron chi connectivity index (χ3n) is 1.92. The fourth-order valence-corrected chi connectivity index (χ4v) is 2.40. The molecule has 14 heavy (non-hydrogen) atoms. The topological polar surface area (TPSA) is 20.3 Å². The predicted octanol–water partition coefficient (Wildman–Crippen LogP) is 1.86. The van der Waals surface area contributed by atoms with Gasteiger partial charge in [0.1, 0.15) is 0 Å². The third kappa shape index (κ3) is 3.79. The Morgan fingerprint density at radius 3 is 2.64 bits per heavy atom. The molecule has 1 atom stereocenters. The van der Waals surface area contributed by atoms with Crippen LogP contribution in [0.1, 0.15) is 13.3 Å². The Kier molecular flexibility index (Phi) is 3.71. The summed E-state index contributed by atoms with van der Waals surface area (Å²) in [6.45, 7) is 2.89. The Morgan fingerprint density at radius 2 is 2.21 bits per heavy atom. The number of hydrogen-bond donors (Lipinski definition) is 0. The van der Waals surface area contributed by atoms with Gasteiger partial charge in [-0.2, -0.15) is 13.2 Å². The van der Waals surface area contributed by atoms with Gasteiger partial charge in [0, 0.05) is 18.8 Å². The van der Waals surface area contributed by atoms with Crippen molar-refractivity contribution in [1.29, 1.82) is 0 Å². The fraction of sp³-hybridized carbons (Fsp3) is 0.750. The second-order valence-electron chi connectivity index (χ2n) is 3.26. The molecule has 1 aliphatic rings. The van der Waals surface area contributed by atoms with Crippen LogP contribution in [-0.2, 0) is 11.0 Å². The molecule has 0 fully saturated rings. The van der Waals surface area contributed by atoms with Gasteiger partial charge < -0.3 is 0 Å². The molecule has 2 nitrogen and oxygen atoms in total. The van der Waals surface area contributed by atoms with Crippen molar-refractivity contribution in [2.75, 3.05) is 18.8 Å². The highest BCUT2D eigenvalue weighted by molar-refractivity contribution is 7.82. The summed E-state index contributed by atoms with van der Waals surface area (Å²) in [5, 5.41) is 0. The minimum Gasteiger partial charge on any atom is -0.243 e. The Bertz CT molecular complexity index is 262. The van der Waals surface area contributed by atoms with Crippen molar-refractivity contribution in [3.05, 3.63) is 11.6 Å². The van der Waals surface area contributed by atoms with Gasteiger partial charge in [0.15, 0.2) is 0 Å². The van der Waals surface area contributed by atoms with Gasteiger partial charge in [-0.1, -0.05) is 11.6 Å². The lowest BCUT2D eigenvalue weighted by molar-refractivity contribution is -0.129. The van der Waals surface area contributed by atoms with Crippen LogP contribution in [0, 0.1) is 0 Å². The first-order valence-corrected chi connectivity index (χ1v) is 5.52. The zero-order chi connectivity index (χ0) is 10.8. The van der Waals surface area contributed by atoms with Gasteiger partial charge in [-0.25, -0.2) is 8.51 Å². The predicted molar refractivity (Wildman–Crippen MR) is 49.0 cm³/mol. The molecule has 0 aromatic heterocycles. The average Bonchev–Trinajstić information content (AvgIpc) is 2.46. The maximum Gasteiger partial charge on any atom is 0.390 e. The van der Waals surface area contributed by atoms with Crippen molar-refractivity contribution in [3.63, 3.8) is 0 Å². The fourth-order valence-electron chi connectivity index (χ4n) is 1.15. The van der Waals surface area contributed by atoms with Crippen molar-refractivity contribution in [1.82, 2.24) is 4.31 Å². The van der Waals surface area contributed by atoms with Gasteiger partial charge in [0.05, 0.1) is 17.4 Å². The lowest BCUT2D eigenvalue weighted by Gasteiger charge is -2.14. The summed E-state index contributed by atoms with van der Waals surface area (Å²) in [4.78, 5) is 0. The van der Waals surface area contributed by atoms with Crippen LogP contribution in [0.25, 0.3) is 0 Å². The standard InChI is InChI=1S/C8H12F3NOS/c1-7-2-4-12(6-7)14(13)5-3-8(9,10)11/h2H,3-6H2,1H3. The number of rotatable bonds is 3. The van der Waals surface area contributed by atoms with Crippen molar-refractivity contribution in [2.24, 2.45) is 0 Å². The smallest absolute Gasteiger partial charge is 0.243 e. The molecule has 0 aromatic carbocycles. The first-order chi connectivity index (χ1) is 6.38. The van der Waals surface area contributed by atoms with Crippen LogP contribution in [0.2, 0.25) is 0 Å². The molecule has 0 saturated carbocycles. The van der Waals surface area contributed by atoms with E-state index in [9.17, 15) is 17.4 Å². The van der Waals surface area contributed by atoms with Crippen LogP contribution in [-0.4, -0.2) is 33.5 Å². The Balaban J connectivity index is 2.30. The number of alkyl halides is 3. The molecular weight excluding hydrogens is 215 g/mol. The van der Waals surface area contributed by atoms with Crippen LogP contribution in [0.5, 0.6) is 0 Å². The Morgan fingerprint density at radius 1 is 1.57 bits per heavy atom. The van der Waals surface area contributed by atoms with E-state index in [1.165, 1.54) is 0 Å². The molecule has 0 bridgehead atoms. The largest absolute Gasteiger partial charge is 0.390 e. The molecule has 1 rings (SSSR count). The van der Waals surface area contributed by atoms with E-state index in [4.69, 9.17) is 0 Å². The Labute approximate surface area is 83.4 Å². The molecular formula is C8H12F3NOS. The van der Waals surface area contributed by atoms with Crippen LogP contribution < -0.4 is 0 Å². The van der Waals surface area contributed by atoms with Gasteiger partial charge >= 0.3 is 6.18 Å². The van der Waals surface area contributed by atoms with E-state index in [0.717, 1.165) is 5.57 Å². The molecule has 0 aromatic rings. The first kappa shape index (κ1) is 11.7. The summed E-state index contributed by atoms with van der Waals surface area (Å²) in [7, 11) is -1.50. The highest BCUT2D eigenvalue weighted by Crippen LogP contribution is 2.21. The van der Waals surface area contributed by atoms with Crippen LogP contribution in [0.4, 0.5) is 13.2 Å². The molecule has 1 unspecified atom stereocenters. The van der Waals surface area contributed by atoms with E-state index < -0.39 is 23.6 Å². The van der Waals surface area contributed by atoms with Crippen molar-refractivity contribution >= 4 is 11.0 Å². The third-order valence-corrected chi connectivity index (χ3v) is 3.32. The lowest BCUT2D eigenvalue weighted by atomic mass is 10.3. The van der Waals surface area contributed by atoms with Gasteiger partial charge in [0.2, 0.25) is 0 Å². The summed E-state index contributed by atoms with van der Waals surface area (Å²) >= 11 is 0. The zero-order valence-electron chi connectivity index (χ0n) is 7.80. The zero-order valence-corrected chi connectivity index (χ0v) is 8.62. The maximum absolute atomic E-state index is 11.8. The normalized spacial score (nSPS) is 21.0. The van der Waals surface area contributed by atoms with Gasteiger partial charge in [-0.15, -0.1) is 0 Å². The second-order valence-corrected chi connectivity index (χ2v) is 4.83. The average molecular weight is 227 g/mol. The number of hydrogen-bond acceptors (Lipinski definition) is 1. The summed E-state index contributed by atoms with van der Waals surface area (Å²) < 4.78 is 48.3. The molecule has 1 aliphatic heterocycles. The maximum atomic E-state index is 11.8. The summed E-state index contributed by atoms with van der Waals surface area (Å²) in [6, 6.07) is 0.